The summed E-state index contributed by atoms with van der Waals surface area (Å²) in [5, 5.41) is 14.9. The van der Waals surface area contributed by atoms with E-state index in [-0.39, 0.29) is 17.8 Å². The van der Waals surface area contributed by atoms with Crippen LogP contribution in [0.2, 0.25) is 0 Å². The third-order valence-corrected chi connectivity index (χ3v) is 8.96. The number of esters is 1. The molecule has 0 unspecified atom stereocenters. The average Bonchev–Trinajstić information content (AvgIpc) is 3.70. The zero-order chi connectivity index (χ0) is 29.2. The number of allylic oxidation sites excluding steroid dienone is 12. The number of aliphatic hydroxyl groups excluding tert-OH is 1. The molecule has 1 saturated heterocycles. The predicted molar refractivity (Wildman–Crippen MR) is 163 cm³/mol. The summed E-state index contributed by atoms with van der Waals surface area (Å²) in [6.07, 6.45) is 11.1. The molecule has 8 bridgehead atoms. The second-order valence-electron chi connectivity index (χ2n) is 11.1. The van der Waals surface area contributed by atoms with Gasteiger partial charge in [-0.1, -0.05) is 32.2 Å². The van der Waals surface area contributed by atoms with Crippen LogP contribution < -0.4 is 5.32 Å². The maximum Gasteiger partial charge on any atom is 0.305 e. The predicted octanol–water partition coefficient (Wildman–Crippen LogP) is 6.57. The SMILES string of the molecule is C=CC1=C(C)C2=NC1=CC1=C(C)C3=C(O)CC(=C4NC(=CC5=NC(=C2)C(C=C)=C5C)[C@@H](C)[C@@H]4CCC(=O)OC)C3=N1. The maximum absolute atomic E-state index is 12.2. The number of carbonyl (C=O) groups excluding carboxylic acids is 1. The Hall–Kier alpha value is -4.52. The average molecular weight is 547 g/mol. The van der Waals surface area contributed by atoms with Crippen molar-refractivity contribution in [1.82, 2.24) is 5.32 Å². The van der Waals surface area contributed by atoms with Crippen LogP contribution in [0.1, 0.15) is 47.0 Å². The van der Waals surface area contributed by atoms with Crippen molar-refractivity contribution in [2.24, 2.45) is 26.8 Å². The Morgan fingerprint density at radius 3 is 2.29 bits per heavy atom. The normalized spacial score (nSPS) is 24.8. The first-order valence-electron chi connectivity index (χ1n) is 14.0. The number of fused-ring (bicyclic) bond motifs is 5. The van der Waals surface area contributed by atoms with Gasteiger partial charge in [0.15, 0.2) is 0 Å². The largest absolute Gasteiger partial charge is 0.511 e. The minimum Gasteiger partial charge on any atom is -0.511 e. The molecule has 7 heteroatoms. The number of rotatable bonds is 5. The lowest BCUT2D eigenvalue weighted by Gasteiger charge is -2.17. The van der Waals surface area contributed by atoms with E-state index in [1.165, 1.54) is 7.11 Å². The van der Waals surface area contributed by atoms with Gasteiger partial charge in [-0.2, -0.15) is 0 Å². The quantitative estimate of drug-likeness (QED) is 0.381. The highest BCUT2D eigenvalue weighted by Gasteiger charge is 2.41. The van der Waals surface area contributed by atoms with Crippen molar-refractivity contribution in [3.8, 4) is 0 Å². The standard InChI is InChI=1S/C34H34N4O3/c1-8-20-16(3)24-13-26-18(5)22(10-11-31(40)41-7)33(37-26)23-12-30(39)32-19(6)27(38-34(23)32)15-29-21(9-2)17(4)25(36-29)14-28(20)35-24/h8-9,13-15,18,22,37,39H,1-2,10-12H2,3-7H3/t18-,22-/m0/s1. The van der Waals surface area contributed by atoms with Crippen LogP contribution in [-0.4, -0.2) is 35.3 Å². The summed E-state index contributed by atoms with van der Waals surface area (Å²) in [4.78, 5) is 27.2. The van der Waals surface area contributed by atoms with Crippen molar-refractivity contribution in [2.75, 3.05) is 7.11 Å². The van der Waals surface area contributed by atoms with Crippen molar-refractivity contribution in [2.45, 2.75) is 47.0 Å². The Morgan fingerprint density at radius 1 is 1.02 bits per heavy atom. The van der Waals surface area contributed by atoms with E-state index < -0.39 is 0 Å². The van der Waals surface area contributed by atoms with Crippen molar-refractivity contribution < 1.29 is 14.6 Å². The lowest BCUT2D eigenvalue weighted by molar-refractivity contribution is -0.140. The van der Waals surface area contributed by atoms with Crippen LogP contribution in [0.5, 0.6) is 0 Å². The van der Waals surface area contributed by atoms with E-state index in [9.17, 15) is 9.90 Å². The molecule has 7 nitrogen and oxygen atoms in total. The second kappa shape index (κ2) is 9.84. The minimum atomic E-state index is -0.239. The molecule has 5 aliphatic heterocycles. The van der Waals surface area contributed by atoms with Crippen LogP contribution >= 0.6 is 0 Å². The van der Waals surface area contributed by atoms with Crippen LogP contribution in [0.4, 0.5) is 0 Å². The molecule has 0 amide bonds. The zero-order valence-corrected chi connectivity index (χ0v) is 24.2. The van der Waals surface area contributed by atoms with E-state index in [0.717, 1.165) is 84.6 Å². The monoisotopic (exact) mass is 546 g/mol. The van der Waals surface area contributed by atoms with Crippen molar-refractivity contribution in [3.05, 3.63) is 117 Å². The summed E-state index contributed by atoms with van der Waals surface area (Å²) in [5.74, 6) is 0.170. The molecule has 0 spiro atoms. The fourth-order valence-electron chi connectivity index (χ4n) is 6.54. The van der Waals surface area contributed by atoms with Gasteiger partial charge in [-0.15, -0.1) is 0 Å². The van der Waals surface area contributed by atoms with Crippen molar-refractivity contribution >= 4 is 23.1 Å². The van der Waals surface area contributed by atoms with Gasteiger partial charge in [-0.05, 0) is 62.1 Å². The Bertz CT molecular complexity index is 1710. The summed E-state index contributed by atoms with van der Waals surface area (Å²) in [6, 6.07) is 0. The summed E-state index contributed by atoms with van der Waals surface area (Å²) in [6.45, 7) is 16.4. The number of methoxy groups -OCH3 is 1. The molecule has 6 aliphatic rings. The first-order chi connectivity index (χ1) is 19.7. The van der Waals surface area contributed by atoms with Gasteiger partial charge in [0.1, 0.15) is 5.76 Å². The summed E-state index contributed by atoms with van der Waals surface area (Å²) in [7, 11) is 1.42. The lowest BCUT2D eigenvalue weighted by Crippen LogP contribution is -2.16. The van der Waals surface area contributed by atoms with E-state index in [2.05, 4.69) is 38.4 Å². The van der Waals surface area contributed by atoms with Gasteiger partial charge < -0.3 is 15.2 Å². The molecule has 0 saturated carbocycles. The first-order valence-corrected chi connectivity index (χ1v) is 14.0. The van der Waals surface area contributed by atoms with Crippen molar-refractivity contribution in [1.29, 1.82) is 0 Å². The van der Waals surface area contributed by atoms with Crippen molar-refractivity contribution in [3.63, 3.8) is 0 Å². The van der Waals surface area contributed by atoms with E-state index in [0.29, 0.717) is 25.0 Å². The van der Waals surface area contributed by atoms with Crippen LogP contribution in [0, 0.1) is 11.8 Å². The highest BCUT2D eigenvalue weighted by atomic mass is 16.5. The number of nitrogens with one attached hydrogen (secondary N) is 1. The molecule has 2 atom stereocenters. The van der Waals surface area contributed by atoms with Crippen LogP contribution in [0.15, 0.2) is 132 Å². The molecule has 0 aromatic heterocycles. The topological polar surface area (TPSA) is 95.6 Å². The molecule has 6 rings (SSSR count). The molecular weight excluding hydrogens is 512 g/mol. The summed E-state index contributed by atoms with van der Waals surface area (Å²) in [5.41, 5.74) is 13.5. The number of carbonyl (C=O) groups is 1. The molecule has 1 aliphatic carbocycles. The number of hydrogen-bond acceptors (Lipinski definition) is 7. The fraction of sp³-hybridized carbons (Fsp3) is 0.294. The van der Waals surface area contributed by atoms with E-state index >= 15 is 0 Å². The van der Waals surface area contributed by atoms with E-state index in [1.54, 1.807) is 0 Å². The number of nitrogens with zero attached hydrogens (tertiary/aromatic N) is 3. The van der Waals surface area contributed by atoms with Gasteiger partial charge in [0.2, 0.25) is 0 Å². The Morgan fingerprint density at radius 2 is 1.66 bits per heavy atom. The molecule has 5 heterocycles. The molecule has 1 fully saturated rings. The minimum absolute atomic E-state index is 0.0169. The molecule has 41 heavy (non-hydrogen) atoms. The molecule has 0 aromatic rings. The third kappa shape index (κ3) is 4.10. The van der Waals surface area contributed by atoms with E-state index in [4.69, 9.17) is 19.7 Å². The molecule has 2 N–H and O–H groups in total. The molecule has 0 radical (unpaired) electrons. The summed E-state index contributed by atoms with van der Waals surface area (Å²) < 4.78 is 4.96. The number of ether oxygens (including phenoxy) is 1. The van der Waals surface area contributed by atoms with Crippen LogP contribution in [0.25, 0.3) is 0 Å². The highest BCUT2D eigenvalue weighted by molar-refractivity contribution is 6.21. The van der Waals surface area contributed by atoms with Crippen LogP contribution in [-0.2, 0) is 9.53 Å². The van der Waals surface area contributed by atoms with Gasteiger partial charge in [0, 0.05) is 58.4 Å². The molecular formula is C34H34N4O3. The Balaban J connectivity index is 1.60. The van der Waals surface area contributed by atoms with Gasteiger partial charge in [0.05, 0.1) is 41.3 Å². The third-order valence-electron chi connectivity index (χ3n) is 8.96. The Labute approximate surface area is 240 Å². The smallest absolute Gasteiger partial charge is 0.305 e. The van der Waals surface area contributed by atoms with E-state index in [1.807, 2.05) is 38.2 Å². The lowest BCUT2D eigenvalue weighted by atomic mass is 9.86. The van der Waals surface area contributed by atoms with Gasteiger partial charge in [-0.25, -0.2) is 15.0 Å². The zero-order valence-electron chi connectivity index (χ0n) is 24.2. The van der Waals surface area contributed by atoms with Crippen LogP contribution in [0.3, 0.4) is 0 Å². The molecule has 208 valence electrons. The number of hydrogen-bond donors (Lipinski definition) is 2. The highest BCUT2D eigenvalue weighted by Crippen LogP contribution is 2.46. The number of aliphatic hydroxyl groups is 1. The van der Waals surface area contributed by atoms with Gasteiger partial charge in [0.25, 0.3) is 0 Å². The summed E-state index contributed by atoms with van der Waals surface area (Å²) >= 11 is 0. The second-order valence-corrected chi connectivity index (χ2v) is 11.1. The first kappa shape index (κ1) is 26.7. The molecule has 0 aromatic carbocycles. The number of aliphatic imine (C=N–C) groups is 3. The Kier molecular flexibility index (Phi) is 6.40. The fourth-order valence-corrected chi connectivity index (χ4v) is 6.54. The maximum atomic E-state index is 12.2. The van der Waals surface area contributed by atoms with Gasteiger partial charge in [-0.3, -0.25) is 4.79 Å². The van der Waals surface area contributed by atoms with Gasteiger partial charge >= 0.3 is 5.97 Å².